The Morgan fingerprint density at radius 3 is 2.24 bits per heavy atom. The van der Waals surface area contributed by atoms with Gasteiger partial charge in [0.15, 0.2) is 0 Å². The van der Waals surface area contributed by atoms with Gasteiger partial charge < -0.3 is 11.1 Å². The Hall–Kier alpha value is -0.650. The summed E-state index contributed by atoms with van der Waals surface area (Å²) in [5.74, 6) is 0.263. The predicted octanol–water partition coefficient (Wildman–Crippen LogP) is 0.400. The molecule has 3 N–H and O–H groups in total. The fourth-order valence-electron chi connectivity index (χ4n) is 4.30. The third-order valence-corrected chi connectivity index (χ3v) is 5.88. The Bertz CT molecular complexity index is 370. The van der Waals surface area contributed by atoms with Gasteiger partial charge in [-0.05, 0) is 38.6 Å². The minimum Gasteiger partial charge on any atom is -0.368 e. The SMILES string of the molecule is CNC(CN1CCN(C2CCCC2)CC1)(C(N)=O)C1CC1. The normalized spacial score (nSPS) is 28.6. The number of likely N-dealkylation sites (N-methyl/N-ethyl adjacent to an activating group) is 1. The lowest BCUT2D eigenvalue weighted by molar-refractivity contribution is -0.126. The molecule has 0 aromatic carbocycles. The molecule has 0 bridgehead atoms. The van der Waals surface area contributed by atoms with Gasteiger partial charge in [0.25, 0.3) is 0 Å². The second kappa shape index (κ2) is 6.23. The maximum Gasteiger partial charge on any atom is 0.239 e. The topological polar surface area (TPSA) is 61.6 Å². The van der Waals surface area contributed by atoms with Gasteiger partial charge in [0.1, 0.15) is 5.54 Å². The maximum absolute atomic E-state index is 12.0. The predicted molar refractivity (Wildman–Crippen MR) is 84.0 cm³/mol. The zero-order chi connectivity index (χ0) is 14.9. The number of nitrogens with one attached hydrogen (secondary N) is 1. The molecule has 3 fully saturated rings. The van der Waals surface area contributed by atoms with Crippen LogP contribution < -0.4 is 11.1 Å². The van der Waals surface area contributed by atoms with Gasteiger partial charge in [0.2, 0.25) is 5.91 Å². The molecule has 0 spiro atoms. The third kappa shape index (κ3) is 3.10. The molecular weight excluding hydrogens is 264 g/mol. The minimum absolute atomic E-state index is 0.175. The molecule has 21 heavy (non-hydrogen) atoms. The molecule has 120 valence electrons. The van der Waals surface area contributed by atoms with E-state index < -0.39 is 5.54 Å². The minimum atomic E-state index is -0.504. The van der Waals surface area contributed by atoms with Gasteiger partial charge in [0.05, 0.1) is 0 Å². The second-order valence-corrected chi connectivity index (χ2v) is 7.11. The first-order valence-electron chi connectivity index (χ1n) is 8.61. The van der Waals surface area contributed by atoms with Gasteiger partial charge in [-0.25, -0.2) is 0 Å². The second-order valence-electron chi connectivity index (χ2n) is 7.11. The zero-order valence-electron chi connectivity index (χ0n) is 13.3. The van der Waals surface area contributed by atoms with Gasteiger partial charge in [-0.3, -0.25) is 14.6 Å². The van der Waals surface area contributed by atoms with Crippen LogP contribution in [0.3, 0.4) is 0 Å². The zero-order valence-corrected chi connectivity index (χ0v) is 13.3. The van der Waals surface area contributed by atoms with Crippen LogP contribution in [-0.4, -0.2) is 67.1 Å². The lowest BCUT2D eigenvalue weighted by atomic mass is 9.91. The van der Waals surface area contributed by atoms with Crippen molar-refractivity contribution in [1.29, 1.82) is 0 Å². The van der Waals surface area contributed by atoms with Crippen LogP contribution in [0, 0.1) is 5.92 Å². The highest BCUT2D eigenvalue weighted by atomic mass is 16.1. The summed E-state index contributed by atoms with van der Waals surface area (Å²) in [5, 5.41) is 3.26. The molecule has 0 aromatic rings. The fraction of sp³-hybridized carbons (Fsp3) is 0.938. The van der Waals surface area contributed by atoms with Crippen molar-refractivity contribution in [2.24, 2.45) is 11.7 Å². The molecule has 0 radical (unpaired) electrons. The Kier molecular flexibility index (Phi) is 4.52. The van der Waals surface area contributed by atoms with E-state index in [4.69, 9.17) is 5.73 Å². The first-order valence-corrected chi connectivity index (χ1v) is 8.61. The van der Waals surface area contributed by atoms with Crippen LogP contribution in [0.15, 0.2) is 0 Å². The van der Waals surface area contributed by atoms with Gasteiger partial charge >= 0.3 is 0 Å². The van der Waals surface area contributed by atoms with Crippen LogP contribution in [0.1, 0.15) is 38.5 Å². The maximum atomic E-state index is 12.0. The molecule has 1 amide bonds. The number of piperazine rings is 1. The fourth-order valence-corrected chi connectivity index (χ4v) is 4.30. The molecular formula is C16H30N4O. The van der Waals surface area contributed by atoms with Crippen LogP contribution in [0.25, 0.3) is 0 Å². The van der Waals surface area contributed by atoms with Crippen molar-refractivity contribution in [3.05, 3.63) is 0 Å². The molecule has 5 heteroatoms. The molecule has 0 aromatic heterocycles. The van der Waals surface area contributed by atoms with E-state index in [2.05, 4.69) is 15.1 Å². The van der Waals surface area contributed by atoms with Crippen molar-refractivity contribution in [3.63, 3.8) is 0 Å². The molecule has 1 saturated heterocycles. The lowest BCUT2D eigenvalue weighted by Gasteiger charge is -2.42. The van der Waals surface area contributed by atoms with E-state index in [1.165, 1.54) is 25.7 Å². The number of nitrogens with two attached hydrogens (primary N) is 1. The average molecular weight is 294 g/mol. The summed E-state index contributed by atoms with van der Waals surface area (Å²) in [7, 11) is 1.89. The molecule has 1 aliphatic heterocycles. The number of nitrogens with zero attached hydrogens (tertiary/aromatic N) is 2. The van der Waals surface area contributed by atoms with E-state index in [9.17, 15) is 4.79 Å². The number of amides is 1. The van der Waals surface area contributed by atoms with E-state index in [0.29, 0.717) is 5.92 Å². The van der Waals surface area contributed by atoms with Crippen molar-refractivity contribution in [1.82, 2.24) is 15.1 Å². The number of hydrogen-bond acceptors (Lipinski definition) is 4. The standard InChI is InChI=1S/C16H30N4O/c1-18-16(15(17)21,13-6-7-13)12-19-8-10-20(11-9-19)14-4-2-3-5-14/h13-14,18H,2-12H2,1H3,(H2,17,21). The monoisotopic (exact) mass is 294 g/mol. The first-order chi connectivity index (χ1) is 10.2. The van der Waals surface area contributed by atoms with Crippen molar-refractivity contribution in [2.75, 3.05) is 39.8 Å². The van der Waals surface area contributed by atoms with E-state index in [-0.39, 0.29) is 5.91 Å². The van der Waals surface area contributed by atoms with Crippen LogP contribution in [0.4, 0.5) is 0 Å². The molecule has 5 nitrogen and oxygen atoms in total. The number of primary amides is 1. The number of carbonyl (C=O) groups is 1. The average Bonchev–Trinajstić information content (AvgIpc) is 3.20. The summed E-state index contributed by atoms with van der Waals surface area (Å²) >= 11 is 0. The summed E-state index contributed by atoms with van der Waals surface area (Å²) < 4.78 is 0. The largest absolute Gasteiger partial charge is 0.368 e. The lowest BCUT2D eigenvalue weighted by Crippen LogP contribution is -2.64. The Morgan fingerprint density at radius 1 is 1.14 bits per heavy atom. The molecule has 1 atom stereocenters. The highest BCUT2D eigenvalue weighted by Crippen LogP contribution is 2.40. The van der Waals surface area contributed by atoms with Gasteiger partial charge in [-0.15, -0.1) is 0 Å². The third-order valence-electron chi connectivity index (χ3n) is 5.88. The van der Waals surface area contributed by atoms with Crippen LogP contribution in [0.5, 0.6) is 0 Å². The van der Waals surface area contributed by atoms with Crippen molar-refractivity contribution < 1.29 is 4.79 Å². The quantitative estimate of drug-likeness (QED) is 0.744. The van der Waals surface area contributed by atoms with Gasteiger partial charge in [-0.1, -0.05) is 12.8 Å². The van der Waals surface area contributed by atoms with Crippen molar-refractivity contribution in [3.8, 4) is 0 Å². The van der Waals surface area contributed by atoms with Gasteiger partial charge in [-0.2, -0.15) is 0 Å². The van der Waals surface area contributed by atoms with Crippen LogP contribution in [-0.2, 0) is 4.79 Å². The van der Waals surface area contributed by atoms with E-state index in [1.807, 2.05) is 7.05 Å². The van der Waals surface area contributed by atoms with E-state index in [0.717, 1.165) is 51.6 Å². The highest BCUT2D eigenvalue weighted by Gasteiger charge is 2.49. The summed E-state index contributed by atoms with van der Waals surface area (Å²) in [4.78, 5) is 17.1. The Morgan fingerprint density at radius 2 is 1.76 bits per heavy atom. The summed E-state index contributed by atoms with van der Waals surface area (Å²) in [6.07, 6.45) is 7.82. The van der Waals surface area contributed by atoms with E-state index >= 15 is 0 Å². The number of rotatable bonds is 6. The van der Waals surface area contributed by atoms with Gasteiger partial charge in [0, 0.05) is 38.8 Å². The summed E-state index contributed by atoms with van der Waals surface area (Å²) in [6.45, 7) is 5.21. The summed E-state index contributed by atoms with van der Waals surface area (Å²) in [5.41, 5.74) is 5.22. The molecule has 2 aliphatic carbocycles. The van der Waals surface area contributed by atoms with E-state index in [1.54, 1.807) is 0 Å². The highest BCUT2D eigenvalue weighted by molar-refractivity contribution is 5.86. The first kappa shape index (κ1) is 15.3. The molecule has 3 rings (SSSR count). The van der Waals surface area contributed by atoms with Crippen molar-refractivity contribution >= 4 is 5.91 Å². The Balaban J connectivity index is 1.55. The van der Waals surface area contributed by atoms with Crippen LogP contribution in [0.2, 0.25) is 0 Å². The van der Waals surface area contributed by atoms with Crippen molar-refractivity contribution in [2.45, 2.75) is 50.1 Å². The Labute approximate surface area is 128 Å². The van der Waals surface area contributed by atoms with Crippen LogP contribution >= 0.6 is 0 Å². The molecule has 2 saturated carbocycles. The molecule has 1 unspecified atom stereocenters. The molecule has 1 heterocycles. The smallest absolute Gasteiger partial charge is 0.239 e. The number of carbonyl (C=O) groups excluding carboxylic acids is 1. The molecule has 3 aliphatic rings. The summed E-state index contributed by atoms with van der Waals surface area (Å²) in [6, 6.07) is 0.820. The number of hydrogen-bond donors (Lipinski definition) is 2.